The van der Waals surface area contributed by atoms with Gasteiger partial charge in [0.25, 0.3) is 0 Å². The zero-order valence-electron chi connectivity index (χ0n) is 8.29. The molecule has 6 heteroatoms. The van der Waals surface area contributed by atoms with E-state index >= 15 is 0 Å². The fourth-order valence-electron chi connectivity index (χ4n) is 1.12. The summed E-state index contributed by atoms with van der Waals surface area (Å²) in [5, 5.41) is -0.684. The Morgan fingerprint density at radius 2 is 2.12 bits per heavy atom. The summed E-state index contributed by atoms with van der Waals surface area (Å²) >= 11 is 6.65. The van der Waals surface area contributed by atoms with Gasteiger partial charge in [0.15, 0.2) is 0 Å². The zero-order valence-corrected chi connectivity index (χ0v) is 10.8. The standard InChI is InChI=1S/C10H8BrFO3S/c1-15-9(13)3-5-2-6(10(14)16)8(12)4-7(5)11/h2,4H,3H2,1H3,(H,14,16). The van der Waals surface area contributed by atoms with Crippen molar-refractivity contribution in [2.24, 2.45) is 0 Å². The van der Waals surface area contributed by atoms with Crippen molar-refractivity contribution in [1.29, 1.82) is 0 Å². The van der Waals surface area contributed by atoms with Gasteiger partial charge in [-0.2, -0.15) is 0 Å². The second-order valence-corrected chi connectivity index (χ2v) is 4.24. The highest BCUT2D eigenvalue weighted by atomic mass is 79.9. The number of hydrogen-bond acceptors (Lipinski definition) is 3. The van der Waals surface area contributed by atoms with Gasteiger partial charge in [0.05, 0.1) is 19.1 Å². The first kappa shape index (κ1) is 13.2. The highest BCUT2D eigenvalue weighted by molar-refractivity contribution is 9.10. The van der Waals surface area contributed by atoms with Crippen LogP contribution in [0.15, 0.2) is 16.6 Å². The van der Waals surface area contributed by atoms with Crippen LogP contribution in [0, 0.1) is 5.82 Å². The SMILES string of the molecule is COC(=O)Cc1cc(C(=O)S)c(F)cc1Br. The van der Waals surface area contributed by atoms with Gasteiger partial charge in [0.1, 0.15) is 5.82 Å². The van der Waals surface area contributed by atoms with E-state index in [1.807, 2.05) is 0 Å². The maximum Gasteiger partial charge on any atom is 0.310 e. The number of ether oxygens (including phenoxy) is 1. The van der Waals surface area contributed by atoms with Gasteiger partial charge in [0.2, 0.25) is 5.12 Å². The first-order valence-corrected chi connectivity index (χ1v) is 5.47. The Bertz CT molecular complexity index is 448. The first-order valence-electron chi connectivity index (χ1n) is 4.23. The average molecular weight is 307 g/mol. The van der Waals surface area contributed by atoms with Crippen molar-refractivity contribution in [2.45, 2.75) is 6.42 Å². The number of carbonyl (C=O) groups is 2. The summed E-state index contributed by atoms with van der Waals surface area (Å²) in [5.74, 6) is -1.15. The lowest BCUT2D eigenvalue weighted by atomic mass is 10.1. The molecule has 86 valence electrons. The lowest BCUT2D eigenvalue weighted by molar-refractivity contribution is -0.139. The van der Waals surface area contributed by atoms with Gasteiger partial charge in [0, 0.05) is 4.47 Å². The Labute approximate surface area is 106 Å². The van der Waals surface area contributed by atoms with Crippen molar-refractivity contribution >= 4 is 39.6 Å². The molecule has 0 radical (unpaired) electrons. The Balaban J connectivity index is 3.14. The Morgan fingerprint density at radius 1 is 1.50 bits per heavy atom. The van der Waals surface area contributed by atoms with Crippen LogP contribution in [-0.4, -0.2) is 18.2 Å². The second-order valence-electron chi connectivity index (χ2n) is 2.98. The summed E-state index contributed by atoms with van der Waals surface area (Å²) in [6.45, 7) is 0. The third kappa shape index (κ3) is 3.05. The molecule has 0 saturated heterocycles. The Morgan fingerprint density at radius 3 is 2.62 bits per heavy atom. The largest absolute Gasteiger partial charge is 0.469 e. The number of benzene rings is 1. The molecule has 0 heterocycles. The van der Waals surface area contributed by atoms with E-state index in [0.29, 0.717) is 10.0 Å². The van der Waals surface area contributed by atoms with Crippen LogP contribution in [0.25, 0.3) is 0 Å². The number of rotatable bonds is 3. The molecule has 1 aromatic carbocycles. The second kappa shape index (κ2) is 5.45. The number of esters is 1. The predicted molar refractivity (Wildman–Crippen MR) is 63.1 cm³/mol. The van der Waals surface area contributed by atoms with E-state index in [-0.39, 0.29) is 12.0 Å². The maximum absolute atomic E-state index is 13.3. The van der Waals surface area contributed by atoms with Crippen molar-refractivity contribution in [3.8, 4) is 0 Å². The molecule has 0 atom stereocenters. The van der Waals surface area contributed by atoms with Gasteiger partial charge < -0.3 is 4.74 Å². The fourth-order valence-corrected chi connectivity index (χ4v) is 1.75. The highest BCUT2D eigenvalue weighted by Gasteiger charge is 2.14. The van der Waals surface area contributed by atoms with Crippen molar-refractivity contribution in [3.63, 3.8) is 0 Å². The van der Waals surface area contributed by atoms with Crippen molar-refractivity contribution in [3.05, 3.63) is 33.5 Å². The van der Waals surface area contributed by atoms with Gasteiger partial charge >= 0.3 is 5.97 Å². The predicted octanol–water partition coefficient (Wildman–Crippen LogP) is 2.37. The molecule has 16 heavy (non-hydrogen) atoms. The number of halogens is 2. The summed E-state index contributed by atoms with van der Waals surface area (Å²) in [4.78, 5) is 22.0. The minimum Gasteiger partial charge on any atom is -0.469 e. The van der Waals surface area contributed by atoms with Gasteiger partial charge in [-0.05, 0) is 17.7 Å². The van der Waals surface area contributed by atoms with Gasteiger partial charge in [-0.25, -0.2) is 4.39 Å². The highest BCUT2D eigenvalue weighted by Crippen LogP contribution is 2.23. The van der Waals surface area contributed by atoms with E-state index in [4.69, 9.17) is 0 Å². The first-order chi connectivity index (χ1) is 7.45. The molecule has 3 nitrogen and oxygen atoms in total. The smallest absolute Gasteiger partial charge is 0.310 e. The summed E-state index contributed by atoms with van der Waals surface area (Å²) in [6.07, 6.45) is -0.0363. The van der Waals surface area contributed by atoms with E-state index in [1.165, 1.54) is 13.2 Å². The number of thiol groups is 1. The van der Waals surface area contributed by atoms with Crippen LogP contribution in [0.2, 0.25) is 0 Å². The molecule has 1 rings (SSSR count). The summed E-state index contributed by atoms with van der Waals surface area (Å²) in [7, 11) is 1.25. The minimum atomic E-state index is -0.684. The molecule has 0 aliphatic rings. The number of carbonyl (C=O) groups excluding carboxylic acids is 2. The van der Waals surface area contributed by atoms with E-state index in [2.05, 4.69) is 33.3 Å². The van der Waals surface area contributed by atoms with Crippen LogP contribution in [-0.2, 0) is 16.0 Å². The van der Waals surface area contributed by atoms with E-state index < -0.39 is 16.9 Å². The molecule has 1 aromatic rings. The average Bonchev–Trinajstić information content (AvgIpc) is 2.21. The molecular formula is C10H8BrFO3S. The molecule has 0 fully saturated rings. The molecule has 0 aromatic heterocycles. The monoisotopic (exact) mass is 306 g/mol. The quantitative estimate of drug-likeness (QED) is 0.689. The maximum atomic E-state index is 13.3. The third-order valence-electron chi connectivity index (χ3n) is 1.93. The summed E-state index contributed by atoms with van der Waals surface area (Å²) < 4.78 is 18.2. The van der Waals surface area contributed by atoms with Crippen LogP contribution >= 0.6 is 28.6 Å². The van der Waals surface area contributed by atoms with Crippen molar-refractivity contribution < 1.29 is 18.7 Å². The van der Waals surface area contributed by atoms with Crippen LogP contribution in [0.3, 0.4) is 0 Å². The minimum absolute atomic E-state index is 0.0363. The van der Waals surface area contributed by atoms with Crippen molar-refractivity contribution in [1.82, 2.24) is 0 Å². The molecular weight excluding hydrogens is 299 g/mol. The van der Waals surface area contributed by atoms with E-state index in [9.17, 15) is 14.0 Å². The van der Waals surface area contributed by atoms with Crippen LogP contribution in [0.5, 0.6) is 0 Å². The van der Waals surface area contributed by atoms with Crippen LogP contribution < -0.4 is 0 Å². The van der Waals surface area contributed by atoms with Gasteiger partial charge in [-0.15, -0.1) is 12.6 Å². The fraction of sp³-hybridized carbons (Fsp3) is 0.200. The molecule has 0 amide bonds. The van der Waals surface area contributed by atoms with E-state index in [1.54, 1.807) is 0 Å². The zero-order chi connectivity index (χ0) is 12.3. The lowest BCUT2D eigenvalue weighted by Crippen LogP contribution is -2.07. The summed E-state index contributed by atoms with van der Waals surface area (Å²) in [5.41, 5.74) is 0.316. The van der Waals surface area contributed by atoms with Crippen LogP contribution in [0.1, 0.15) is 15.9 Å². The molecule has 0 spiro atoms. The molecule has 0 N–H and O–H groups in total. The number of hydrogen-bond donors (Lipinski definition) is 1. The molecule has 0 aliphatic heterocycles. The molecule has 0 saturated carbocycles. The number of methoxy groups -OCH3 is 1. The van der Waals surface area contributed by atoms with E-state index in [0.717, 1.165) is 6.07 Å². The Kier molecular flexibility index (Phi) is 4.49. The third-order valence-corrected chi connectivity index (χ3v) is 2.91. The Hall–Kier alpha value is -0.880. The topological polar surface area (TPSA) is 43.4 Å². The normalized spacial score (nSPS) is 10.0. The van der Waals surface area contributed by atoms with Crippen molar-refractivity contribution in [2.75, 3.05) is 7.11 Å². The molecule has 0 aliphatic carbocycles. The van der Waals surface area contributed by atoms with Gasteiger partial charge in [-0.3, -0.25) is 9.59 Å². The lowest BCUT2D eigenvalue weighted by Gasteiger charge is -2.06. The molecule has 0 unspecified atom stereocenters. The summed E-state index contributed by atoms with van der Waals surface area (Å²) in [6, 6.07) is 2.41. The molecule has 0 bridgehead atoms. The van der Waals surface area contributed by atoms with Gasteiger partial charge in [-0.1, -0.05) is 15.9 Å². The van der Waals surface area contributed by atoms with Crippen LogP contribution in [0.4, 0.5) is 4.39 Å².